The maximum Gasteiger partial charge on any atom is 0.251 e. The second kappa shape index (κ2) is 7.20. The Bertz CT molecular complexity index is 414. The van der Waals surface area contributed by atoms with E-state index >= 15 is 0 Å². The fourth-order valence-corrected chi connectivity index (χ4v) is 3.38. The SMILES string of the molecule is CCO[C@@H](C)C(=O)N1CCN([C@@H](C)c2ccsc2)CC1. The normalized spacial score (nSPS) is 19.9. The number of carbonyl (C=O) groups is 1. The molecule has 0 aromatic carbocycles. The zero-order valence-corrected chi connectivity index (χ0v) is 13.4. The van der Waals surface area contributed by atoms with Gasteiger partial charge in [-0.25, -0.2) is 0 Å². The number of carbonyl (C=O) groups excluding carboxylic acids is 1. The lowest BCUT2D eigenvalue weighted by Gasteiger charge is -2.38. The van der Waals surface area contributed by atoms with Crippen LogP contribution in [0.2, 0.25) is 0 Å². The van der Waals surface area contributed by atoms with Crippen LogP contribution in [-0.4, -0.2) is 54.6 Å². The summed E-state index contributed by atoms with van der Waals surface area (Å²) in [6.45, 7) is 10.0. The molecule has 0 saturated carbocycles. The predicted octanol–water partition coefficient (Wildman–Crippen LogP) is 2.38. The van der Waals surface area contributed by atoms with Gasteiger partial charge in [-0.3, -0.25) is 9.69 Å². The molecule has 0 spiro atoms. The summed E-state index contributed by atoms with van der Waals surface area (Å²) in [4.78, 5) is 16.5. The van der Waals surface area contributed by atoms with E-state index in [0.717, 1.165) is 26.2 Å². The van der Waals surface area contributed by atoms with Gasteiger partial charge in [0, 0.05) is 38.8 Å². The summed E-state index contributed by atoms with van der Waals surface area (Å²) in [6, 6.07) is 2.62. The molecule has 0 aliphatic carbocycles. The van der Waals surface area contributed by atoms with Gasteiger partial charge >= 0.3 is 0 Å². The van der Waals surface area contributed by atoms with Crippen LogP contribution in [0.5, 0.6) is 0 Å². The van der Waals surface area contributed by atoms with Gasteiger partial charge in [-0.1, -0.05) is 0 Å². The van der Waals surface area contributed by atoms with Crippen LogP contribution in [0.15, 0.2) is 16.8 Å². The summed E-state index contributed by atoms with van der Waals surface area (Å²) < 4.78 is 5.39. The summed E-state index contributed by atoms with van der Waals surface area (Å²) in [5.41, 5.74) is 1.37. The minimum absolute atomic E-state index is 0.120. The lowest BCUT2D eigenvalue weighted by molar-refractivity contribution is -0.144. The van der Waals surface area contributed by atoms with Gasteiger partial charge in [-0.15, -0.1) is 0 Å². The number of hydrogen-bond acceptors (Lipinski definition) is 4. The molecule has 2 heterocycles. The number of rotatable bonds is 5. The Labute approximate surface area is 125 Å². The molecule has 2 rings (SSSR count). The third kappa shape index (κ3) is 3.59. The molecule has 112 valence electrons. The van der Waals surface area contributed by atoms with Crippen molar-refractivity contribution < 1.29 is 9.53 Å². The molecule has 1 aromatic rings. The summed E-state index contributed by atoms with van der Waals surface area (Å²) in [7, 11) is 0. The van der Waals surface area contributed by atoms with Crippen LogP contribution in [0, 0.1) is 0 Å². The van der Waals surface area contributed by atoms with Crippen LogP contribution in [0.1, 0.15) is 32.4 Å². The molecule has 20 heavy (non-hydrogen) atoms. The maximum absolute atomic E-state index is 12.2. The largest absolute Gasteiger partial charge is 0.369 e. The summed E-state index contributed by atoms with van der Waals surface area (Å²) in [6.07, 6.45) is -0.319. The second-order valence-corrected chi connectivity index (χ2v) is 5.97. The Kier molecular flexibility index (Phi) is 5.57. The van der Waals surface area contributed by atoms with Crippen molar-refractivity contribution >= 4 is 17.2 Å². The van der Waals surface area contributed by atoms with Crippen molar-refractivity contribution in [3.63, 3.8) is 0 Å². The first-order valence-electron chi connectivity index (χ1n) is 7.30. The zero-order chi connectivity index (χ0) is 14.5. The van der Waals surface area contributed by atoms with E-state index < -0.39 is 0 Å². The number of thiophene rings is 1. The molecule has 4 nitrogen and oxygen atoms in total. The van der Waals surface area contributed by atoms with E-state index in [1.165, 1.54) is 5.56 Å². The monoisotopic (exact) mass is 296 g/mol. The Morgan fingerprint density at radius 2 is 2.05 bits per heavy atom. The third-order valence-corrected chi connectivity index (χ3v) is 4.67. The highest BCUT2D eigenvalue weighted by Gasteiger charge is 2.27. The first-order valence-corrected chi connectivity index (χ1v) is 8.24. The molecular formula is C15H24N2O2S. The quantitative estimate of drug-likeness (QED) is 0.836. The summed E-state index contributed by atoms with van der Waals surface area (Å²) >= 11 is 1.74. The molecule has 1 aromatic heterocycles. The Morgan fingerprint density at radius 1 is 1.35 bits per heavy atom. The van der Waals surface area contributed by atoms with Crippen molar-refractivity contribution in [2.75, 3.05) is 32.8 Å². The van der Waals surface area contributed by atoms with Gasteiger partial charge in [0.1, 0.15) is 6.10 Å². The number of hydrogen-bond donors (Lipinski definition) is 0. The summed E-state index contributed by atoms with van der Waals surface area (Å²) in [5, 5.41) is 4.33. The maximum atomic E-state index is 12.2. The van der Waals surface area contributed by atoms with Crippen LogP contribution in [0.25, 0.3) is 0 Å². The average Bonchev–Trinajstić information content (AvgIpc) is 3.00. The summed E-state index contributed by atoms with van der Waals surface area (Å²) in [5.74, 6) is 0.120. The van der Waals surface area contributed by atoms with E-state index in [1.54, 1.807) is 11.3 Å². The number of amides is 1. The number of piperazine rings is 1. The Balaban J connectivity index is 1.84. The van der Waals surface area contributed by atoms with Crippen molar-refractivity contribution in [1.82, 2.24) is 9.80 Å². The molecule has 5 heteroatoms. The Morgan fingerprint density at radius 3 is 2.60 bits per heavy atom. The highest BCUT2D eigenvalue weighted by atomic mass is 32.1. The molecular weight excluding hydrogens is 272 g/mol. The molecule has 2 atom stereocenters. The van der Waals surface area contributed by atoms with Crippen molar-refractivity contribution in [3.8, 4) is 0 Å². The zero-order valence-electron chi connectivity index (χ0n) is 12.5. The lowest BCUT2D eigenvalue weighted by Crippen LogP contribution is -2.51. The van der Waals surface area contributed by atoms with Crippen LogP contribution in [0.3, 0.4) is 0 Å². The minimum atomic E-state index is -0.319. The topological polar surface area (TPSA) is 32.8 Å². The molecule has 0 N–H and O–H groups in total. The van der Waals surface area contributed by atoms with Crippen LogP contribution in [0.4, 0.5) is 0 Å². The molecule has 1 fully saturated rings. The highest BCUT2D eigenvalue weighted by Crippen LogP contribution is 2.23. The fraction of sp³-hybridized carbons (Fsp3) is 0.667. The van der Waals surface area contributed by atoms with Gasteiger partial charge in [-0.2, -0.15) is 11.3 Å². The van der Waals surface area contributed by atoms with E-state index in [1.807, 2.05) is 18.7 Å². The van der Waals surface area contributed by atoms with Gasteiger partial charge < -0.3 is 9.64 Å². The standard InChI is InChI=1S/C15H24N2O2S/c1-4-19-13(3)15(18)17-8-6-16(7-9-17)12(2)14-5-10-20-11-14/h5,10-13H,4,6-9H2,1-3H3/t12-,13-/m0/s1. The predicted molar refractivity (Wildman–Crippen MR) is 82.0 cm³/mol. The van der Waals surface area contributed by atoms with E-state index in [4.69, 9.17) is 4.74 Å². The van der Waals surface area contributed by atoms with Crippen LogP contribution in [-0.2, 0) is 9.53 Å². The smallest absolute Gasteiger partial charge is 0.251 e. The first-order chi connectivity index (χ1) is 9.63. The van der Waals surface area contributed by atoms with Crippen LogP contribution < -0.4 is 0 Å². The molecule has 1 saturated heterocycles. The molecule has 0 radical (unpaired) electrons. The highest BCUT2D eigenvalue weighted by molar-refractivity contribution is 7.07. The van der Waals surface area contributed by atoms with Crippen molar-refractivity contribution in [2.24, 2.45) is 0 Å². The number of ether oxygens (including phenoxy) is 1. The van der Waals surface area contributed by atoms with Crippen molar-refractivity contribution in [2.45, 2.75) is 32.9 Å². The van der Waals surface area contributed by atoms with Gasteiger partial charge in [0.2, 0.25) is 0 Å². The van der Waals surface area contributed by atoms with Gasteiger partial charge in [0.05, 0.1) is 0 Å². The average molecular weight is 296 g/mol. The lowest BCUT2D eigenvalue weighted by atomic mass is 10.1. The van der Waals surface area contributed by atoms with E-state index in [2.05, 4.69) is 28.7 Å². The molecule has 1 amide bonds. The fourth-order valence-electron chi connectivity index (χ4n) is 2.63. The number of nitrogens with zero attached hydrogens (tertiary/aromatic N) is 2. The van der Waals surface area contributed by atoms with Gasteiger partial charge in [0.15, 0.2) is 0 Å². The van der Waals surface area contributed by atoms with Crippen molar-refractivity contribution in [1.29, 1.82) is 0 Å². The minimum Gasteiger partial charge on any atom is -0.369 e. The van der Waals surface area contributed by atoms with Crippen molar-refractivity contribution in [3.05, 3.63) is 22.4 Å². The Hall–Kier alpha value is -0.910. The molecule has 0 bridgehead atoms. The van der Waals surface area contributed by atoms with E-state index in [9.17, 15) is 4.79 Å². The second-order valence-electron chi connectivity index (χ2n) is 5.19. The van der Waals surface area contributed by atoms with Crippen LogP contribution >= 0.6 is 11.3 Å². The van der Waals surface area contributed by atoms with E-state index in [-0.39, 0.29) is 12.0 Å². The van der Waals surface area contributed by atoms with Gasteiger partial charge in [0.25, 0.3) is 5.91 Å². The van der Waals surface area contributed by atoms with Gasteiger partial charge in [-0.05, 0) is 43.2 Å². The molecule has 1 aliphatic heterocycles. The molecule has 0 unspecified atom stereocenters. The third-order valence-electron chi connectivity index (χ3n) is 3.96. The first kappa shape index (κ1) is 15.5. The molecule has 1 aliphatic rings. The van der Waals surface area contributed by atoms with E-state index in [0.29, 0.717) is 12.6 Å².